The Morgan fingerprint density at radius 1 is 1.15 bits per heavy atom. The summed E-state index contributed by atoms with van der Waals surface area (Å²) in [5.74, 6) is -0.296. The Hall–Kier alpha value is -1.76. The first kappa shape index (κ1) is 17.6. The highest BCUT2D eigenvalue weighted by Crippen LogP contribution is 2.44. The maximum atomic E-state index is 12.9. The van der Waals surface area contributed by atoms with Crippen LogP contribution in [0.5, 0.6) is 0 Å². The molecule has 1 N–H and O–H groups in total. The van der Waals surface area contributed by atoms with Crippen molar-refractivity contribution >= 4 is 50.5 Å². The van der Waals surface area contributed by atoms with Gasteiger partial charge in [0, 0.05) is 6.54 Å². The van der Waals surface area contributed by atoms with Gasteiger partial charge in [0.1, 0.15) is 0 Å². The zero-order valence-corrected chi connectivity index (χ0v) is 16.2. The number of carbonyl (C=O) groups excluding carboxylic acids is 1. The van der Waals surface area contributed by atoms with Gasteiger partial charge in [-0.25, -0.2) is 8.42 Å². The number of aryl methyl sites for hydroxylation is 1. The van der Waals surface area contributed by atoms with Gasteiger partial charge >= 0.3 is 0 Å². The zero-order chi connectivity index (χ0) is 18.6. The van der Waals surface area contributed by atoms with Crippen LogP contribution in [0, 0.1) is 0 Å². The molecule has 2 aromatic rings. The molecule has 2 aliphatic heterocycles. The number of amides is 1. The summed E-state index contributed by atoms with van der Waals surface area (Å²) in [6.45, 7) is 2.51. The van der Waals surface area contributed by atoms with E-state index in [0.717, 1.165) is 29.7 Å². The summed E-state index contributed by atoms with van der Waals surface area (Å²) < 4.78 is 28.3. The number of carbonyl (C=O) groups is 1. The van der Waals surface area contributed by atoms with E-state index < -0.39 is 10.0 Å². The minimum atomic E-state index is -3.81. The van der Waals surface area contributed by atoms with Crippen molar-refractivity contribution in [2.75, 3.05) is 16.2 Å². The highest BCUT2D eigenvalue weighted by Gasteiger charge is 2.38. The molecule has 0 fully saturated rings. The lowest BCUT2D eigenvalue weighted by molar-refractivity contribution is -0.119. The molecule has 5 nitrogen and oxygen atoms in total. The Bertz CT molecular complexity index is 1040. The summed E-state index contributed by atoms with van der Waals surface area (Å²) >= 11 is 11.8. The van der Waals surface area contributed by atoms with Crippen LogP contribution in [0.1, 0.15) is 30.4 Å². The van der Waals surface area contributed by atoms with Crippen LogP contribution in [-0.2, 0) is 21.2 Å². The van der Waals surface area contributed by atoms with Crippen molar-refractivity contribution < 1.29 is 13.2 Å². The van der Waals surface area contributed by atoms with Gasteiger partial charge in [-0.1, -0.05) is 23.2 Å². The second kappa shape index (κ2) is 6.15. The van der Waals surface area contributed by atoms with Gasteiger partial charge in [-0.05, 0) is 61.2 Å². The van der Waals surface area contributed by atoms with Gasteiger partial charge in [0.15, 0.2) is 0 Å². The topological polar surface area (TPSA) is 66.5 Å². The number of nitrogens with zero attached hydrogens (tertiary/aromatic N) is 1. The SMILES string of the molecule is C[C@@H]1C(=O)N2CCCc3cc(S(=O)(=O)Nc4ccc(Cl)c(Cl)c4)cc1c32. The number of sulfonamides is 1. The fraction of sp³-hybridized carbons (Fsp3) is 0.278. The third-order valence-corrected chi connectivity index (χ3v) is 6.97. The number of benzene rings is 2. The third-order valence-electron chi connectivity index (χ3n) is 4.87. The van der Waals surface area contributed by atoms with Gasteiger partial charge in [0.2, 0.25) is 5.91 Å². The van der Waals surface area contributed by atoms with E-state index in [1.807, 2.05) is 6.92 Å². The third kappa shape index (κ3) is 2.76. The minimum absolute atomic E-state index is 0.0351. The van der Waals surface area contributed by atoms with Crippen LogP contribution in [0.25, 0.3) is 0 Å². The van der Waals surface area contributed by atoms with E-state index in [9.17, 15) is 13.2 Å². The normalized spacial score (nSPS) is 18.8. The molecule has 0 spiro atoms. The molecule has 0 unspecified atom stereocenters. The lowest BCUT2D eigenvalue weighted by atomic mass is 9.97. The first-order chi connectivity index (χ1) is 12.3. The van der Waals surface area contributed by atoms with Gasteiger partial charge in [-0.3, -0.25) is 9.52 Å². The quantitative estimate of drug-likeness (QED) is 0.824. The van der Waals surface area contributed by atoms with Crippen LogP contribution < -0.4 is 9.62 Å². The van der Waals surface area contributed by atoms with E-state index in [-0.39, 0.29) is 21.7 Å². The van der Waals surface area contributed by atoms with Crippen LogP contribution in [-0.4, -0.2) is 20.9 Å². The van der Waals surface area contributed by atoms with Gasteiger partial charge in [0.05, 0.1) is 32.2 Å². The maximum absolute atomic E-state index is 12.9. The average Bonchev–Trinajstić information content (AvgIpc) is 2.85. The van der Waals surface area contributed by atoms with Crippen molar-refractivity contribution in [3.63, 3.8) is 0 Å². The van der Waals surface area contributed by atoms with E-state index in [1.54, 1.807) is 23.1 Å². The Morgan fingerprint density at radius 3 is 2.65 bits per heavy atom. The van der Waals surface area contributed by atoms with Crippen LogP contribution in [0.3, 0.4) is 0 Å². The highest BCUT2D eigenvalue weighted by molar-refractivity contribution is 7.92. The van der Waals surface area contributed by atoms with Crippen molar-refractivity contribution in [3.05, 3.63) is 51.5 Å². The number of anilines is 2. The molecule has 0 aromatic heterocycles. The fourth-order valence-corrected chi connectivity index (χ4v) is 5.03. The Kier molecular flexibility index (Phi) is 4.17. The van der Waals surface area contributed by atoms with E-state index in [0.29, 0.717) is 17.3 Å². The molecule has 2 aliphatic rings. The molecule has 1 amide bonds. The molecule has 8 heteroatoms. The predicted octanol–water partition coefficient (Wildman–Crippen LogP) is 4.19. The van der Waals surface area contributed by atoms with E-state index in [4.69, 9.17) is 23.2 Å². The number of halogens is 2. The second-order valence-corrected chi connectivity index (χ2v) is 9.07. The number of rotatable bonds is 3. The molecule has 2 aromatic carbocycles. The standard InChI is InChI=1S/C18H16Cl2N2O3S/c1-10-14-9-13(7-11-3-2-6-22(17(11)14)18(10)23)26(24,25)21-12-4-5-15(19)16(20)8-12/h4-5,7-10,21H,2-3,6H2,1H3/t10-/m0/s1. The lowest BCUT2D eigenvalue weighted by Gasteiger charge is -2.26. The van der Waals surface area contributed by atoms with E-state index >= 15 is 0 Å². The number of nitrogens with one attached hydrogen (secondary N) is 1. The van der Waals surface area contributed by atoms with E-state index in [1.165, 1.54) is 12.1 Å². The van der Waals surface area contributed by atoms with E-state index in [2.05, 4.69) is 4.72 Å². The average molecular weight is 411 g/mol. The van der Waals surface area contributed by atoms with Crippen molar-refractivity contribution in [2.45, 2.75) is 30.6 Å². The molecule has 1 atom stereocenters. The van der Waals surface area contributed by atoms with Crippen LogP contribution in [0.2, 0.25) is 10.0 Å². The van der Waals surface area contributed by atoms with Crippen LogP contribution in [0.15, 0.2) is 35.2 Å². The lowest BCUT2D eigenvalue weighted by Crippen LogP contribution is -2.32. The van der Waals surface area contributed by atoms with Crippen molar-refractivity contribution in [2.24, 2.45) is 0 Å². The fourth-order valence-electron chi connectivity index (χ4n) is 3.59. The molecule has 0 saturated carbocycles. The maximum Gasteiger partial charge on any atom is 0.261 e. The Labute approximate surface area is 162 Å². The Morgan fingerprint density at radius 2 is 1.92 bits per heavy atom. The van der Waals surface area contributed by atoms with Crippen LogP contribution >= 0.6 is 23.2 Å². The van der Waals surface area contributed by atoms with Crippen molar-refractivity contribution in [1.82, 2.24) is 0 Å². The first-order valence-corrected chi connectivity index (χ1v) is 10.5. The van der Waals surface area contributed by atoms with Gasteiger partial charge in [0.25, 0.3) is 10.0 Å². The molecule has 0 radical (unpaired) electrons. The molecule has 2 heterocycles. The molecular weight excluding hydrogens is 395 g/mol. The van der Waals surface area contributed by atoms with Gasteiger partial charge in [-0.2, -0.15) is 0 Å². The second-order valence-electron chi connectivity index (χ2n) is 6.57. The summed E-state index contributed by atoms with van der Waals surface area (Å²) in [4.78, 5) is 14.4. The summed E-state index contributed by atoms with van der Waals surface area (Å²) in [5, 5.41) is 0.620. The minimum Gasteiger partial charge on any atom is -0.311 e. The molecule has 26 heavy (non-hydrogen) atoms. The summed E-state index contributed by atoms with van der Waals surface area (Å²) in [6, 6.07) is 7.82. The monoisotopic (exact) mass is 410 g/mol. The van der Waals surface area contributed by atoms with Gasteiger partial charge < -0.3 is 4.90 Å². The molecule has 136 valence electrons. The largest absolute Gasteiger partial charge is 0.311 e. The Balaban J connectivity index is 1.76. The first-order valence-electron chi connectivity index (χ1n) is 8.24. The van der Waals surface area contributed by atoms with Crippen LogP contribution in [0.4, 0.5) is 11.4 Å². The molecule has 0 saturated heterocycles. The summed E-state index contributed by atoms with van der Waals surface area (Å²) in [5.41, 5.74) is 2.91. The molecular formula is C18H16Cl2N2O3S. The van der Waals surface area contributed by atoms with Crippen molar-refractivity contribution in [1.29, 1.82) is 0 Å². The molecule has 0 aliphatic carbocycles. The molecule has 0 bridgehead atoms. The molecule has 4 rings (SSSR count). The van der Waals surface area contributed by atoms with Gasteiger partial charge in [-0.15, -0.1) is 0 Å². The van der Waals surface area contributed by atoms with Crippen molar-refractivity contribution in [3.8, 4) is 0 Å². The number of hydrogen-bond donors (Lipinski definition) is 1. The predicted molar refractivity (Wildman–Crippen MR) is 103 cm³/mol. The summed E-state index contributed by atoms with van der Waals surface area (Å²) in [6.07, 6.45) is 1.59. The summed E-state index contributed by atoms with van der Waals surface area (Å²) in [7, 11) is -3.81. The highest BCUT2D eigenvalue weighted by atomic mass is 35.5. The zero-order valence-electron chi connectivity index (χ0n) is 13.9. The smallest absolute Gasteiger partial charge is 0.261 e. The number of hydrogen-bond acceptors (Lipinski definition) is 3.